The zero-order chi connectivity index (χ0) is 14.3. The maximum absolute atomic E-state index is 13.2. The molecular formula is C12H9F5N2. The van der Waals surface area contributed by atoms with E-state index >= 15 is 0 Å². The second-order valence-electron chi connectivity index (χ2n) is 4.00. The van der Waals surface area contributed by atoms with E-state index in [4.69, 9.17) is 0 Å². The summed E-state index contributed by atoms with van der Waals surface area (Å²) in [5.41, 5.74) is -0.837. The van der Waals surface area contributed by atoms with E-state index in [2.05, 4.69) is 4.98 Å². The maximum atomic E-state index is 13.2. The summed E-state index contributed by atoms with van der Waals surface area (Å²) in [5.74, 6) is -4.91. The quantitative estimate of drug-likeness (QED) is 0.764. The molecule has 0 saturated heterocycles. The molecule has 2 rings (SSSR count). The summed E-state index contributed by atoms with van der Waals surface area (Å²) in [5, 5.41) is 0. The molecule has 0 saturated carbocycles. The molecule has 0 spiro atoms. The zero-order valence-corrected chi connectivity index (χ0v) is 9.75. The number of aryl methyl sites for hydroxylation is 1. The molecule has 1 aromatic heterocycles. The van der Waals surface area contributed by atoms with Crippen LogP contribution in [-0.4, -0.2) is 15.7 Å². The van der Waals surface area contributed by atoms with E-state index in [1.165, 1.54) is 7.05 Å². The van der Waals surface area contributed by atoms with Crippen LogP contribution in [0.4, 0.5) is 22.0 Å². The van der Waals surface area contributed by atoms with Crippen molar-refractivity contribution < 1.29 is 22.0 Å². The molecule has 1 aromatic carbocycles. The summed E-state index contributed by atoms with van der Waals surface area (Å²) in [6, 6.07) is 8.16. The predicted molar refractivity (Wildman–Crippen MR) is 58.6 cm³/mol. The minimum Gasteiger partial charge on any atom is -0.334 e. The summed E-state index contributed by atoms with van der Waals surface area (Å²) in [7, 11) is 1.37. The molecule has 0 atom stereocenters. The standard InChI is InChI=1S/C12H9F5N2/c1-19-7-9(11(13,14)12(15,16)17)18-10(19)8-5-3-2-4-6-8/h2-7H,1H3. The van der Waals surface area contributed by atoms with Crippen molar-refractivity contribution in [3.63, 3.8) is 0 Å². The molecule has 102 valence electrons. The lowest BCUT2D eigenvalue weighted by Crippen LogP contribution is -2.34. The van der Waals surface area contributed by atoms with Crippen LogP contribution in [0.5, 0.6) is 0 Å². The first-order valence-corrected chi connectivity index (χ1v) is 5.27. The number of imidazole rings is 1. The number of nitrogens with zero attached hydrogens (tertiary/aromatic N) is 2. The van der Waals surface area contributed by atoms with Gasteiger partial charge in [-0.15, -0.1) is 0 Å². The topological polar surface area (TPSA) is 17.8 Å². The third-order valence-electron chi connectivity index (χ3n) is 2.59. The molecule has 0 amide bonds. The van der Waals surface area contributed by atoms with Gasteiger partial charge in [-0.05, 0) is 0 Å². The average molecular weight is 276 g/mol. The summed E-state index contributed by atoms with van der Waals surface area (Å²) in [6.07, 6.45) is -4.97. The summed E-state index contributed by atoms with van der Waals surface area (Å²) < 4.78 is 64.3. The van der Waals surface area contributed by atoms with Crippen LogP contribution in [0.25, 0.3) is 11.4 Å². The normalized spacial score (nSPS) is 12.7. The molecule has 2 nitrogen and oxygen atoms in total. The zero-order valence-electron chi connectivity index (χ0n) is 9.75. The number of halogens is 5. The van der Waals surface area contributed by atoms with Gasteiger partial charge in [0.15, 0.2) is 0 Å². The van der Waals surface area contributed by atoms with Gasteiger partial charge in [-0.25, -0.2) is 4.98 Å². The number of benzene rings is 1. The van der Waals surface area contributed by atoms with Crippen molar-refractivity contribution in [2.75, 3.05) is 0 Å². The molecule has 7 heteroatoms. The minimum absolute atomic E-state index is 0.0551. The first-order valence-electron chi connectivity index (χ1n) is 5.27. The van der Waals surface area contributed by atoms with Crippen molar-refractivity contribution in [1.29, 1.82) is 0 Å². The van der Waals surface area contributed by atoms with E-state index in [9.17, 15) is 22.0 Å². The SMILES string of the molecule is Cn1cc(C(F)(F)C(F)(F)F)nc1-c1ccccc1. The van der Waals surface area contributed by atoms with Gasteiger partial charge in [-0.1, -0.05) is 30.3 Å². The molecule has 0 unspecified atom stereocenters. The van der Waals surface area contributed by atoms with Crippen LogP contribution in [0.2, 0.25) is 0 Å². The Kier molecular flexibility index (Phi) is 3.07. The van der Waals surface area contributed by atoms with Crippen LogP contribution in [0, 0.1) is 0 Å². The van der Waals surface area contributed by atoms with E-state index in [0.717, 1.165) is 4.57 Å². The van der Waals surface area contributed by atoms with Crippen LogP contribution < -0.4 is 0 Å². The van der Waals surface area contributed by atoms with Crippen LogP contribution in [0.15, 0.2) is 36.5 Å². The Balaban J connectivity index is 2.49. The fraction of sp³-hybridized carbons (Fsp3) is 0.250. The van der Waals surface area contributed by atoms with Gasteiger partial charge in [0.25, 0.3) is 0 Å². The van der Waals surface area contributed by atoms with Gasteiger partial charge >= 0.3 is 12.1 Å². The Hall–Kier alpha value is -1.92. The van der Waals surface area contributed by atoms with E-state index in [1.807, 2.05) is 0 Å². The Morgan fingerprint density at radius 1 is 1.00 bits per heavy atom. The Labute approximate surface area is 105 Å². The highest BCUT2D eigenvalue weighted by atomic mass is 19.4. The Bertz CT molecular complexity index is 572. The molecule has 2 aromatic rings. The molecular weight excluding hydrogens is 267 g/mol. The van der Waals surface area contributed by atoms with Gasteiger partial charge < -0.3 is 4.57 Å². The molecule has 0 aliphatic heterocycles. The third-order valence-corrected chi connectivity index (χ3v) is 2.59. The summed E-state index contributed by atoms with van der Waals surface area (Å²) in [6.45, 7) is 0. The van der Waals surface area contributed by atoms with Gasteiger partial charge in [-0.3, -0.25) is 0 Å². The lowest BCUT2D eigenvalue weighted by atomic mass is 10.2. The number of aromatic nitrogens is 2. The van der Waals surface area contributed by atoms with Gasteiger partial charge in [-0.2, -0.15) is 22.0 Å². The molecule has 0 radical (unpaired) electrons. The van der Waals surface area contributed by atoms with E-state index < -0.39 is 17.8 Å². The monoisotopic (exact) mass is 276 g/mol. The van der Waals surface area contributed by atoms with E-state index in [1.54, 1.807) is 30.3 Å². The number of rotatable bonds is 2. The highest BCUT2D eigenvalue weighted by molar-refractivity contribution is 5.55. The lowest BCUT2D eigenvalue weighted by molar-refractivity contribution is -0.290. The molecule has 1 heterocycles. The fourth-order valence-electron chi connectivity index (χ4n) is 1.62. The van der Waals surface area contributed by atoms with Crippen LogP contribution >= 0.6 is 0 Å². The largest absolute Gasteiger partial charge is 0.459 e. The van der Waals surface area contributed by atoms with Crippen molar-refractivity contribution in [3.8, 4) is 11.4 Å². The van der Waals surface area contributed by atoms with E-state index in [0.29, 0.717) is 11.8 Å². The van der Waals surface area contributed by atoms with Crippen molar-refractivity contribution in [1.82, 2.24) is 9.55 Å². The second-order valence-corrected chi connectivity index (χ2v) is 4.00. The van der Waals surface area contributed by atoms with Crippen molar-refractivity contribution in [2.24, 2.45) is 7.05 Å². The predicted octanol–water partition coefficient (Wildman–Crippen LogP) is 3.74. The third kappa shape index (κ3) is 2.32. The highest BCUT2D eigenvalue weighted by Gasteiger charge is 2.60. The summed E-state index contributed by atoms with van der Waals surface area (Å²) in [4.78, 5) is 3.41. The smallest absolute Gasteiger partial charge is 0.334 e. The maximum Gasteiger partial charge on any atom is 0.459 e. The molecule has 0 bridgehead atoms. The van der Waals surface area contributed by atoms with Gasteiger partial charge in [0.05, 0.1) is 0 Å². The Morgan fingerprint density at radius 3 is 2.11 bits per heavy atom. The second kappa shape index (κ2) is 4.32. The van der Waals surface area contributed by atoms with Crippen LogP contribution in [0.3, 0.4) is 0 Å². The number of hydrogen-bond donors (Lipinski definition) is 0. The molecule has 0 aliphatic carbocycles. The van der Waals surface area contributed by atoms with Crippen molar-refractivity contribution in [3.05, 3.63) is 42.2 Å². The van der Waals surface area contributed by atoms with Crippen molar-refractivity contribution in [2.45, 2.75) is 12.1 Å². The molecule has 19 heavy (non-hydrogen) atoms. The summed E-state index contributed by atoms with van der Waals surface area (Å²) >= 11 is 0. The van der Waals surface area contributed by atoms with Crippen LogP contribution in [0.1, 0.15) is 5.69 Å². The Morgan fingerprint density at radius 2 is 1.58 bits per heavy atom. The van der Waals surface area contributed by atoms with Gasteiger partial charge in [0, 0.05) is 18.8 Å². The molecule has 0 aliphatic rings. The average Bonchev–Trinajstić information content (AvgIpc) is 2.71. The van der Waals surface area contributed by atoms with E-state index in [-0.39, 0.29) is 5.82 Å². The van der Waals surface area contributed by atoms with Gasteiger partial charge in [0.2, 0.25) is 0 Å². The van der Waals surface area contributed by atoms with Gasteiger partial charge in [0.1, 0.15) is 11.5 Å². The van der Waals surface area contributed by atoms with Crippen LogP contribution in [-0.2, 0) is 13.0 Å². The number of alkyl halides is 5. The first kappa shape index (κ1) is 13.5. The first-order chi connectivity index (χ1) is 8.73. The fourth-order valence-corrected chi connectivity index (χ4v) is 1.62. The molecule has 0 N–H and O–H groups in total. The molecule has 0 fully saturated rings. The number of hydrogen-bond acceptors (Lipinski definition) is 1. The lowest BCUT2D eigenvalue weighted by Gasteiger charge is -2.16. The van der Waals surface area contributed by atoms with Crippen molar-refractivity contribution >= 4 is 0 Å². The minimum atomic E-state index is -5.66. The highest BCUT2D eigenvalue weighted by Crippen LogP contribution is 2.43.